The molecule has 0 aromatic rings. The lowest BCUT2D eigenvalue weighted by molar-refractivity contribution is -0.0945. The van der Waals surface area contributed by atoms with Crippen molar-refractivity contribution in [2.75, 3.05) is 33.9 Å². The molecule has 0 amide bonds. The highest BCUT2D eigenvalue weighted by Gasteiger charge is 2.32. The Morgan fingerprint density at radius 2 is 2.17 bits per heavy atom. The molecule has 2 N–H and O–H groups in total. The second-order valence-corrected chi connectivity index (χ2v) is 3.87. The molecule has 0 spiro atoms. The van der Waals surface area contributed by atoms with Gasteiger partial charge in [-0.2, -0.15) is 0 Å². The first-order valence-electron chi connectivity index (χ1n) is 4.08. The van der Waals surface area contributed by atoms with Crippen LogP contribution in [0.3, 0.4) is 0 Å². The van der Waals surface area contributed by atoms with Gasteiger partial charge >= 0.3 is 0 Å². The Labute approximate surface area is 73.4 Å². The third kappa shape index (κ3) is 2.11. The molecule has 1 aliphatic heterocycles. The summed E-state index contributed by atoms with van der Waals surface area (Å²) in [5.41, 5.74) is 5.86. The van der Waals surface area contributed by atoms with Gasteiger partial charge in [-0.25, -0.2) is 0 Å². The van der Waals surface area contributed by atoms with E-state index in [2.05, 4.69) is 11.9 Å². The maximum atomic E-state index is 5.64. The van der Waals surface area contributed by atoms with E-state index in [1.807, 2.05) is 19.0 Å². The average Bonchev–Trinajstić information content (AvgIpc) is 1.96. The van der Waals surface area contributed by atoms with Crippen molar-refractivity contribution in [3.8, 4) is 0 Å². The molecule has 0 bridgehead atoms. The van der Waals surface area contributed by atoms with Gasteiger partial charge in [0, 0.05) is 19.5 Å². The highest BCUT2D eigenvalue weighted by atomic mass is 16.5. The van der Waals surface area contributed by atoms with Crippen LogP contribution in [0.25, 0.3) is 0 Å². The number of hydrogen-bond acceptors (Lipinski definition) is 2. The normalized spacial score (nSPS) is 21.8. The maximum absolute atomic E-state index is 5.64. The standard InChI is InChI=1S/C8H17N3O/c1-8(5-12-6-8)4-10-7(9)11(2)3/h4-6H2,1-3H3,(H2,9,10). The summed E-state index contributed by atoms with van der Waals surface area (Å²) in [7, 11) is 3.77. The zero-order valence-electron chi connectivity index (χ0n) is 8.00. The van der Waals surface area contributed by atoms with Crippen LogP contribution in [0.5, 0.6) is 0 Å². The molecule has 4 heteroatoms. The number of nitrogens with two attached hydrogens (primary N) is 1. The first-order valence-corrected chi connectivity index (χ1v) is 4.08. The minimum absolute atomic E-state index is 0.223. The summed E-state index contributed by atoms with van der Waals surface area (Å²) in [6.45, 7) is 4.52. The van der Waals surface area contributed by atoms with Gasteiger partial charge in [0.15, 0.2) is 5.96 Å². The second kappa shape index (κ2) is 3.31. The Hall–Kier alpha value is -0.770. The van der Waals surface area contributed by atoms with Crippen LogP contribution >= 0.6 is 0 Å². The van der Waals surface area contributed by atoms with E-state index in [-0.39, 0.29) is 5.41 Å². The Morgan fingerprint density at radius 1 is 1.58 bits per heavy atom. The van der Waals surface area contributed by atoms with Gasteiger partial charge < -0.3 is 15.4 Å². The molecule has 0 saturated carbocycles. The Balaban J connectivity index is 2.37. The van der Waals surface area contributed by atoms with E-state index >= 15 is 0 Å². The van der Waals surface area contributed by atoms with Crippen molar-refractivity contribution in [2.45, 2.75) is 6.92 Å². The zero-order valence-corrected chi connectivity index (χ0v) is 8.00. The molecule has 0 aromatic carbocycles. The minimum atomic E-state index is 0.223. The SMILES string of the molecule is CN(C)C(N)=NCC1(C)COC1. The van der Waals surface area contributed by atoms with Gasteiger partial charge in [-0.05, 0) is 0 Å². The Kier molecular flexibility index (Phi) is 2.57. The van der Waals surface area contributed by atoms with Crippen LogP contribution in [0, 0.1) is 5.41 Å². The van der Waals surface area contributed by atoms with Crippen LogP contribution in [0.15, 0.2) is 4.99 Å². The fraction of sp³-hybridized carbons (Fsp3) is 0.875. The lowest BCUT2D eigenvalue weighted by atomic mass is 9.89. The van der Waals surface area contributed by atoms with Gasteiger partial charge in [-0.3, -0.25) is 4.99 Å². The van der Waals surface area contributed by atoms with E-state index < -0.39 is 0 Å². The highest BCUT2D eigenvalue weighted by molar-refractivity contribution is 5.77. The molecule has 1 saturated heterocycles. The van der Waals surface area contributed by atoms with Crippen LogP contribution in [-0.4, -0.2) is 44.7 Å². The van der Waals surface area contributed by atoms with Crippen molar-refractivity contribution in [1.29, 1.82) is 0 Å². The Morgan fingerprint density at radius 3 is 2.50 bits per heavy atom. The van der Waals surface area contributed by atoms with Crippen LogP contribution in [0.2, 0.25) is 0 Å². The van der Waals surface area contributed by atoms with Crippen molar-refractivity contribution < 1.29 is 4.74 Å². The van der Waals surface area contributed by atoms with Gasteiger partial charge in [-0.15, -0.1) is 0 Å². The fourth-order valence-electron chi connectivity index (χ4n) is 0.955. The van der Waals surface area contributed by atoms with E-state index in [4.69, 9.17) is 10.5 Å². The molecule has 0 radical (unpaired) electrons. The quantitative estimate of drug-likeness (QED) is 0.466. The Bertz CT molecular complexity index is 185. The number of nitrogens with zero attached hydrogens (tertiary/aromatic N) is 2. The predicted molar refractivity (Wildman–Crippen MR) is 49.1 cm³/mol. The molecular formula is C8H17N3O. The van der Waals surface area contributed by atoms with Gasteiger partial charge in [0.1, 0.15) is 0 Å². The molecular weight excluding hydrogens is 154 g/mol. The minimum Gasteiger partial charge on any atom is -0.380 e. The third-order valence-corrected chi connectivity index (χ3v) is 1.98. The van der Waals surface area contributed by atoms with Gasteiger partial charge in [0.25, 0.3) is 0 Å². The lowest BCUT2D eigenvalue weighted by Gasteiger charge is -2.36. The largest absolute Gasteiger partial charge is 0.380 e. The summed E-state index contributed by atoms with van der Waals surface area (Å²) in [6.07, 6.45) is 0. The van der Waals surface area contributed by atoms with Crippen LogP contribution in [0.4, 0.5) is 0 Å². The summed E-state index contributed by atoms with van der Waals surface area (Å²) in [5.74, 6) is 0.586. The number of guanidine groups is 1. The molecule has 70 valence electrons. The van der Waals surface area contributed by atoms with Gasteiger partial charge in [0.05, 0.1) is 19.8 Å². The molecule has 1 heterocycles. The van der Waals surface area contributed by atoms with Gasteiger partial charge in [0.2, 0.25) is 0 Å². The van der Waals surface area contributed by atoms with E-state index in [1.54, 1.807) is 0 Å². The third-order valence-electron chi connectivity index (χ3n) is 1.98. The zero-order chi connectivity index (χ0) is 9.19. The van der Waals surface area contributed by atoms with Gasteiger partial charge in [-0.1, -0.05) is 6.92 Å². The summed E-state index contributed by atoms with van der Waals surface area (Å²) in [6, 6.07) is 0. The molecule has 0 aliphatic carbocycles. The molecule has 1 fully saturated rings. The van der Waals surface area contributed by atoms with Crippen LogP contribution in [-0.2, 0) is 4.74 Å². The van der Waals surface area contributed by atoms with Crippen LogP contribution in [0.1, 0.15) is 6.92 Å². The maximum Gasteiger partial charge on any atom is 0.190 e. The first kappa shape index (κ1) is 9.32. The molecule has 4 nitrogen and oxygen atoms in total. The van der Waals surface area contributed by atoms with E-state index in [0.717, 1.165) is 19.8 Å². The van der Waals surface area contributed by atoms with Crippen molar-refractivity contribution in [3.63, 3.8) is 0 Å². The molecule has 12 heavy (non-hydrogen) atoms. The molecule has 1 aliphatic rings. The fourth-order valence-corrected chi connectivity index (χ4v) is 0.955. The van der Waals surface area contributed by atoms with Crippen molar-refractivity contribution >= 4 is 5.96 Å². The molecule has 0 atom stereocenters. The van der Waals surface area contributed by atoms with Crippen molar-refractivity contribution in [1.82, 2.24) is 4.90 Å². The summed E-state index contributed by atoms with van der Waals surface area (Å²) >= 11 is 0. The predicted octanol–water partition coefficient (Wildman–Crippen LogP) is -0.101. The molecule has 0 aromatic heterocycles. The second-order valence-electron chi connectivity index (χ2n) is 3.87. The summed E-state index contributed by atoms with van der Waals surface area (Å²) in [4.78, 5) is 6.07. The van der Waals surface area contributed by atoms with E-state index in [1.165, 1.54) is 0 Å². The number of ether oxygens (including phenoxy) is 1. The number of aliphatic imine (C=N–C) groups is 1. The number of rotatable bonds is 2. The molecule has 1 rings (SSSR count). The monoisotopic (exact) mass is 171 g/mol. The summed E-state index contributed by atoms with van der Waals surface area (Å²) in [5, 5.41) is 0. The topological polar surface area (TPSA) is 50.8 Å². The lowest BCUT2D eigenvalue weighted by Crippen LogP contribution is -2.43. The van der Waals surface area contributed by atoms with E-state index in [9.17, 15) is 0 Å². The smallest absolute Gasteiger partial charge is 0.190 e. The van der Waals surface area contributed by atoms with Crippen molar-refractivity contribution in [2.24, 2.45) is 16.1 Å². The van der Waals surface area contributed by atoms with Crippen molar-refractivity contribution in [3.05, 3.63) is 0 Å². The van der Waals surface area contributed by atoms with E-state index in [0.29, 0.717) is 5.96 Å². The van der Waals surface area contributed by atoms with Crippen LogP contribution < -0.4 is 5.73 Å². The highest BCUT2D eigenvalue weighted by Crippen LogP contribution is 2.26. The number of hydrogen-bond donors (Lipinski definition) is 1. The first-order chi connectivity index (χ1) is 5.53. The summed E-state index contributed by atoms with van der Waals surface area (Å²) < 4.78 is 5.11. The molecule has 0 unspecified atom stereocenters. The average molecular weight is 171 g/mol.